The SMILES string of the molecule is Cc1ccc(OCNC(=O)NC(c2ccccc2)c2ccccc2)c(C(C)(C)C)c1. The minimum Gasteiger partial charge on any atom is -0.473 e. The molecule has 0 unspecified atom stereocenters. The van der Waals surface area contributed by atoms with Crippen molar-refractivity contribution in [3.05, 3.63) is 101 Å². The quantitative estimate of drug-likeness (QED) is 0.518. The van der Waals surface area contributed by atoms with Gasteiger partial charge < -0.3 is 15.4 Å². The van der Waals surface area contributed by atoms with Crippen LogP contribution in [-0.4, -0.2) is 12.8 Å². The molecule has 0 fully saturated rings. The van der Waals surface area contributed by atoms with E-state index in [0.29, 0.717) is 0 Å². The summed E-state index contributed by atoms with van der Waals surface area (Å²) in [5, 5.41) is 5.88. The Labute approximate surface area is 179 Å². The molecule has 3 aromatic rings. The summed E-state index contributed by atoms with van der Waals surface area (Å²) in [5.41, 5.74) is 4.30. The lowest BCUT2D eigenvalue weighted by molar-refractivity contribution is 0.221. The average Bonchev–Trinajstić information content (AvgIpc) is 2.73. The molecule has 0 heterocycles. The van der Waals surface area contributed by atoms with Crippen LogP contribution in [-0.2, 0) is 5.41 Å². The Hall–Kier alpha value is -3.27. The van der Waals surface area contributed by atoms with Gasteiger partial charge in [-0.1, -0.05) is 99.1 Å². The molecule has 2 amide bonds. The zero-order valence-electron chi connectivity index (χ0n) is 18.1. The van der Waals surface area contributed by atoms with E-state index in [1.54, 1.807) is 0 Å². The monoisotopic (exact) mass is 402 g/mol. The first-order valence-corrected chi connectivity index (χ1v) is 10.2. The minimum absolute atomic E-state index is 0.0463. The zero-order chi connectivity index (χ0) is 21.6. The normalized spacial score (nSPS) is 11.2. The maximum absolute atomic E-state index is 12.6. The van der Waals surface area contributed by atoms with Crippen LogP contribution < -0.4 is 15.4 Å². The van der Waals surface area contributed by atoms with E-state index in [9.17, 15) is 4.79 Å². The zero-order valence-corrected chi connectivity index (χ0v) is 18.1. The van der Waals surface area contributed by atoms with Crippen LogP contribution in [0.25, 0.3) is 0 Å². The summed E-state index contributed by atoms with van der Waals surface area (Å²) < 4.78 is 5.91. The van der Waals surface area contributed by atoms with Gasteiger partial charge in [-0.05, 0) is 35.1 Å². The van der Waals surface area contributed by atoms with E-state index in [0.717, 1.165) is 22.4 Å². The van der Waals surface area contributed by atoms with Gasteiger partial charge in [-0.25, -0.2) is 4.79 Å². The van der Waals surface area contributed by atoms with Crippen LogP contribution in [0, 0.1) is 6.92 Å². The second-order valence-corrected chi connectivity index (χ2v) is 8.44. The number of urea groups is 1. The van der Waals surface area contributed by atoms with Gasteiger partial charge in [0.2, 0.25) is 0 Å². The van der Waals surface area contributed by atoms with Gasteiger partial charge in [-0.3, -0.25) is 0 Å². The molecule has 156 valence electrons. The van der Waals surface area contributed by atoms with Crippen molar-refractivity contribution < 1.29 is 9.53 Å². The van der Waals surface area contributed by atoms with E-state index in [1.807, 2.05) is 72.8 Å². The van der Waals surface area contributed by atoms with Gasteiger partial charge in [0.25, 0.3) is 0 Å². The third-order valence-electron chi connectivity index (χ3n) is 4.94. The molecule has 3 rings (SSSR count). The maximum Gasteiger partial charge on any atom is 0.318 e. The summed E-state index contributed by atoms with van der Waals surface area (Å²) >= 11 is 0. The third kappa shape index (κ3) is 5.63. The van der Waals surface area contributed by atoms with Crippen LogP contribution >= 0.6 is 0 Å². The predicted molar refractivity (Wildman–Crippen MR) is 122 cm³/mol. The first kappa shape index (κ1) is 21.4. The van der Waals surface area contributed by atoms with Crippen molar-refractivity contribution in [2.24, 2.45) is 0 Å². The number of carbonyl (C=O) groups excluding carboxylic acids is 1. The van der Waals surface area contributed by atoms with Crippen LogP contribution in [0.5, 0.6) is 5.75 Å². The fourth-order valence-electron chi connectivity index (χ4n) is 3.37. The molecule has 0 atom stereocenters. The summed E-state index contributed by atoms with van der Waals surface area (Å²) in [6, 6.07) is 25.5. The largest absolute Gasteiger partial charge is 0.473 e. The van der Waals surface area contributed by atoms with E-state index in [2.05, 4.69) is 44.4 Å². The van der Waals surface area contributed by atoms with Gasteiger partial charge in [0.15, 0.2) is 6.73 Å². The molecule has 4 heteroatoms. The Kier molecular flexibility index (Phi) is 6.78. The van der Waals surface area contributed by atoms with E-state index in [-0.39, 0.29) is 24.2 Å². The Morgan fingerprint density at radius 3 is 2.00 bits per heavy atom. The van der Waals surface area contributed by atoms with Crippen LogP contribution in [0.3, 0.4) is 0 Å². The summed E-state index contributed by atoms with van der Waals surface area (Å²) in [4.78, 5) is 12.6. The first-order chi connectivity index (χ1) is 14.3. The highest BCUT2D eigenvalue weighted by molar-refractivity contribution is 5.75. The lowest BCUT2D eigenvalue weighted by atomic mass is 9.85. The highest BCUT2D eigenvalue weighted by atomic mass is 16.5. The van der Waals surface area contributed by atoms with Gasteiger partial charge in [-0.2, -0.15) is 0 Å². The molecule has 0 aromatic heterocycles. The summed E-state index contributed by atoms with van der Waals surface area (Å²) in [5.74, 6) is 0.788. The van der Waals surface area contributed by atoms with Gasteiger partial charge in [0, 0.05) is 0 Å². The number of aryl methyl sites for hydroxylation is 1. The number of rotatable bonds is 6. The van der Waals surface area contributed by atoms with Crippen molar-refractivity contribution >= 4 is 6.03 Å². The molecule has 0 aliphatic carbocycles. The van der Waals surface area contributed by atoms with Crippen LogP contribution in [0.4, 0.5) is 4.79 Å². The number of hydrogen-bond donors (Lipinski definition) is 2. The Balaban J connectivity index is 1.66. The van der Waals surface area contributed by atoms with Crippen LogP contribution in [0.2, 0.25) is 0 Å². The summed E-state index contributed by atoms with van der Waals surface area (Å²) in [6.07, 6.45) is 0. The predicted octanol–water partition coefficient (Wildman–Crippen LogP) is 5.72. The fourth-order valence-corrected chi connectivity index (χ4v) is 3.37. The minimum atomic E-state index is -0.280. The molecule has 0 saturated heterocycles. The second kappa shape index (κ2) is 9.49. The van der Waals surface area contributed by atoms with Gasteiger partial charge in [0.05, 0.1) is 6.04 Å². The van der Waals surface area contributed by atoms with Crippen LogP contribution in [0.15, 0.2) is 78.9 Å². The summed E-state index contributed by atoms with van der Waals surface area (Å²) in [6.45, 7) is 8.61. The number of benzene rings is 3. The van der Waals surface area contributed by atoms with Crippen LogP contribution in [0.1, 0.15) is 49.1 Å². The lowest BCUT2D eigenvalue weighted by Gasteiger charge is -2.24. The maximum atomic E-state index is 12.6. The Bertz CT molecular complexity index is 924. The van der Waals surface area contributed by atoms with Crippen molar-refractivity contribution in [1.82, 2.24) is 10.6 Å². The van der Waals surface area contributed by atoms with Crippen molar-refractivity contribution in [3.63, 3.8) is 0 Å². The van der Waals surface area contributed by atoms with Gasteiger partial charge in [-0.15, -0.1) is 0 Å². The Morgan fingerprint density at radius 1 is 0.900 bits per heavy atom. The van der Waals surface area contributed by atoms with Crippen molar-refractivity contribution in [2.75, 3.05) is 6.73 Å². The molecule has 0 spiro atoms. The molecule has 0 radical (unpaired) electrons. The Morgan fingerprint density at radius 2 is 1.47 bits per heavy atom. The highest BCUT2D eigenvalue weighted by Crippen LogP contribution is 2.32. The molecule has 0 aliphatic rings. The van der Waals surface area contributed by atoms with Crippen molar-refractivity contribution in [2.45, 2.75) is 39.2 Å². The molecular formula is C26H30N2O2. The van der Waals surface area contributed by atoms with Crippen molar-refractivity contribution in [1.29, 1.82) is 0 Å². The molecule has 3 aromatic carbocycles. The van der Waals surface area contributed by atoms with E-state index >= 15 is 0 Å². The lowest BCUT2D eigenvalue weighted by Crippen LogP contribution is -2.40. The standard InChI is InChI=1S/C26H30N2O2/c1-19-15-16-23(22(17-19)26(2,3)4)30-18-27-25(29)28-24(20-11-7-5-8-12-20)21-13-9-6-10-14-21/h5-17,24H,18H2,1-4H3,(H2,27,28,29). The van der Waals surface area contributed by atoms with Gasteiger partial charge >= 0.3 is 6.03 Å². The number of ether oxygens (including phenoxy) is 1. The fraction of sp³-hybridized carbons (Fsp3) is 0.269. The summed E-state index contributed by atoms with van der Waals surface area (Å²) in [7, 11) is 0. The first-order valence-electron chi connectivity index (χ1n) is 10.2. The van der Waals surface area contributed by atoms with E-state index < -0.39 is 0 Å². The van der Waals surface area contributed by atoms with Crippen molar-refractivity contribution in [3.8, 4) is 5.75 Å². The number of carbonyl (C=O) groups is 1. The smallest absolute Gasteiger partial charge is 0.318 e. The molecule has 4 nitrogen and oxygen atoms in total. The van der Waals surface area contributed by atoms with Gasteiger partial charge in [0.1, 0.15) is 5.75 Å². The second-order valence-electron chi connectivity index (χ2n) is 8.44. The highest BCUT2D eigenvalue weighted by Gasteiger charge is 2.20. The topological polar surface area (TPSA) is 50.4 Å². The molecule has 2 N–H and O–H groups in total. The number of nitrogens with one attached hydrogen (secondary N) is 2. The molecule has 0 bridgehead atoms. The third-order valence-corrected chi connectivity index (χ3v) is 4.94. The number of amides is 2. The molecule has 0 aliphatic heterocycles. The molecular weight excluding hydrogens is 372 g/mol. The number of hydrogen-bond acceptors (Lipinski definition) is 2. The molecule has 0 saturated carbocycles. The molecule has 30 heavy (non-hydrogen) atoms. The van der Waals surface area contributed by atoms with E-state index in [4.69, 9.17) is 4.74 Å². The average molecular weight is 403 g/mol. The van der Waals surface area contributed by atoms with E-state index in [1.165, 1.54) is 5.56 Å².